The van der Waals surface area contributed by atoms with Gasteiger partial charge >= 0.3 is 11.9 Å². The van der Waals surface area contributed by atoms with E-state index in [9.17, 15) is 9.59 Å². The van der Waals surface area contributed by atoms with E-state index in [1.165, 1.54) is 6.08 Å². The molecule has 0 unspecified atom stereocenters. The highest BCUT2D eigenvalue weighted by molar-refractivity contribution is 5.95. The van der Waals surface area contributed by atoms with E-state index in [0.717, 1.165) is 16.7 Å². The van der Waals surface area contributed by atoms with Crippen molar-refractivity contribution in [3.8, 4) is 0 Å². The van der Waals surface area contributed by atoms with E-state index in [1.54, 1.807) is 24.3 Å². The molecule has 2 rings (SSSR count). The van der Waals surface area contributed by atoms with E-state index in [1.807, 2.05) is 0 Å². The van der Waals surface area contributed by atoms with Crippen LogP contribution in [0.25, 0.3) is 5.57 Å². The number of carboxylic acids is 1. The maximum atomic E-state index is 10.9. The van der Waals surface area contributed by atoms with Crippen LogP contribution in [0.3, 0.4) is 0 Å². The minimum Gasteiger partial charge on any atom is -0.481 e. The third-order valence-electron chi connectivity index (χ3n) is 2.34. The first kappa shape index (κ1) is 10.4. The molecule has 1 aliphatic rings. The van der Waals surface area contributed by atoms with Gasteiger partial charge in [-0.3, -0.25) is 4.79 Å². The number of cyclic esters (lactones) is 1. The van der Waals surface area contributed by atoms with Crippen molar-refractivity contribution in [1.29, 1.82) is 0 Å². The monoisotopic (exact) mass is 218 g/mol. The number of benzene rings is 1. The van der Waals surface area contributed by atoms with Crippen molar-refractivity contribution in [2.75, 3.05) is 6.61 Å². The zero-order chi connectivity index (χ0) is 11.5. The van der Waals surface area contributed by atoms with Gasteiger partial charge in [0.15, 0.2) is 0 Å². The summed E-state index contributed by atoms with van der Waals surface area (Å²) in [4.78, 5) is 21.3. The molecule has 1 aliphatic heterocycles. The second-order valence-corrected chi connectivity index (χ2v) is 3.54. The fourth-order valence-electron chi connectivity index (χ4n) is 1.55. The SMILES string of the molecule is O=C(O)Cc1ccc(C2=CC(=O)OC2)cc1. The van der Waals surface area contributed by atoms with Crippen LogP contribution in [0.4, 0.5) is 0 Å². The lowest BCUT2D eigenvalue weighted by molar-refractivity contribution is -0.136. The maximum absolute atomic E-state index is 10.9. The van der Waals surface area contributed by atoms with Crippen LogP contribution in [-0.2, 0) is 20.7 Å². The van der Waals surface area contributed by atoms with Crippen LogP contribution in [0.5, 0.6) is 0 Å². The van der Waals surface area contributed by atoms with Crippen molar-refractivity contribution < 1.29 is 19.4 Å². The number of esters is 1. The zero-order valence-corrected chi connectivity index (χ0v) is 8.47. The first-order chi connectivity index (χ1) is 7.65. The number of aliphatic carboxylic acids is 1. The van der Waals surface area contributed by atoms with E-state index < -0.39 is 5.97 Å². The Balaban J connectivity index is 2.16. The third kappa shape index (κ3) is 2.28. The normalized spacial score (nSPS) is 14.5. The highest BCUT2D eigenvalue weighted by atomic mass is 16.5. The molecular weight excluding hydrogens is 208 g/mol. The number of hydrogen-bond acceptors (Lipinski definition) is 3. The van der Waals surface area contributed by atoms with E-state index in [0.29, 0.717) is 0 Å². The molecule has 0 atom stereocenters. The molecule has 0 bridgehead atoms. The van der Waals surface area contributed by atoms with Gasteiger partial charge in [-0.25, -0.2) is 4.79 Å². The summed E-state index contributed by atoms with van der Waals surface area (Å²) in [5.41, 5.74) is 2.45. The Morgan fingerprint density at radius 2 is 2.00 bits per heavy atom. The second-order valence-electron chi connectivity index (χ2n) is 3.54. The van der Waals surface area contributed by atoms with Crippen molar-refractivity contribution in [2.24, 2.45) is 0 Å². The molecule has 0 fully saturated rings. The molecule has 4 heteroatoms. The predicted octanol–water partition coefficient (Wildman–Crippen LogP) is 1.25. The molecule has 0 radical (unpaired) electrons. The Labute approximate surface area is 92.2 Å². The fourth-order valence-corrected chi connectivity index (χ4v) is 1.55. The lowest BCUT2D eigenvalue weighted by Gasteiger charge is -2.02. The van der Waals surface area contributed by atoms with E-state index in [-0.39, 0.29) is 19.0 Å². The van der Waals surface area contributed by atoms with Gasteiger partial charge in [-0.2, -0.15) is 0 Å². The summed E-state index contributed by atoms with van der Waals surface area (Å²) in [6.07, 6.45) is 1.46. The molecule has 0 saturated carbocycles. The second kappa shape index (κ2) is 4.18. The highest BCUT2D eigenvalue weighted by Crippen LogP contribution is 2.20. The van der Waals surface area contributed by atoms with Gasteiger partial charge in [-0.05, 0) is 11.1 Å². The van der Waals surface area contributed by atoms with Crippen LogP contribution in [0.15, 0.2) is 30.3 Å². The minimum absolute atomic E-state index is 0.00869. The van der Waals surface area contributed by atoms with Gasteiger partial charge in [0.05, 0.1) is 6.42 Å². The maximum Gasteiger partial charge on any atom is 0.331 e. The van der Waals surface area contributed by atoms with Crippen molar-refractivity contribution in [2.45, 2.75) is 6.42 Å². The fraction of sp³-hybridized carbons (Fsp3) is 0.167. The molecule has 4 nitrogen and oxygen atoms in total. The van der Waals surface area contributed by atoms with Crippen LogP contribution < -0.4 is 0 Å². The Bertz CT molecular complexity index is 456. The quantitative estimate of drug-likeness (QED) is 0.775. The van der Waals surface area contributed by atoms with Gasteiger partial charge in [-0.1, -0.05) is 24.3 Å². The minimum atomic E-state index is -0.855. The average molecular weight is 218 g/mol. The lowest BCUT2D eigenvalue weighted by Crippen LogP contribution is -1.99. The van der Waals surface area contributed by atoms with Gasteiger partial charge in [0.1, 0.15) is 6.61 Å². The molecule has 1 aromatic carbocycles. The molecule has 0 aromatic heterocycles. The molecule has 1 heterocycles. The van der Waals surface area contributed by atoms with Crippen molar-refractivity contribution in [1.82, 2.24) is 0 Å². The Kier molecular flexibility index (Phi) is 2.72. The van der Waals surface area contributed by atoms with Crippen LogP contribution in [0.1, 0.15) is 11.1 Å². The molecule has 16 heavy (non-hydrogen) atoms. The summed E-state index contributed by atoms with van der Waals surface area (Å²) in [6.45, 7) is 0.289. The summed E-state index contributed by atoms with van der Waals surface area (Å²) in [5, 5.41) is 8.61. The topological polar surface area (TPSA) is 63.6 Å². The Morgan fingerprint density at radius 3 is 2.50 bits per heavy atom. The molecular formula is C12H10O4. The average Bonchev–Trinajstić information content (AvgIpc) is 2.65. The number of ether oxygens (including phenoxy) is 1. The molecule has 0 saturated heterocycles. The summed E-state index contributed by atoms with van der Waals surface area (Å²) in [7, 11) is 0. The number of rotatable bonds is 3. The first-order valence-electron chi connectivity index (χ1n) is 4.83. The van der Waals surface area contributed by atoms with E-state index in [2.05, 4.69) is 0 Å². The highest BCUT2D eigenvalue weighted by Gasteiger charge is 2.14. The van der Waals surface area contributed by atoms with Crippen molar-refractivity contribution in [3.05, 3.63) is 41.5 Å². The van der Waals surface area contributed by atoms with Gasteiger partial charge in [0.2, 0.25) is 0 Å². The summed E-state index contributed by atoms with van der Waals surface area (Å²) in [5.74, 6) is -1.18. The molecule has 82 valence electrons. The smallest absolute Gasteiger partial charge is 0.331 e. The van der Waals surface area contributed by atoms with Gasteiger partial charge in [-0.15, -0.1) is 0 Å². The molecule has 0 amide bonds. The molecule has 1 aromatic rings. The number of carbonyl (C=O) groups is 2. The van der Waals surface area contributed by atoms with Crippen LogP contribution in [0.2, 0.25) is 0 Å². The number of hydrogen-bond donors (Lipinski definition) is 1. The van der Waals surface area contributed by atoms with Gasteiger partial charge in [0.25, 0.3) is 0 Å². The predicted molar refractivity (Wildman–Crippen MR) is 56.7 cm³/mol. The molecule has 1 N–H and O–H groups in total. The van der Waals surface area contributed by atoms with Crippen molar-refractivity contribution >= 4 is 17.5 Å². The van der Waals surface area contributed by atoms with Crippen molar-refractivity contribution in [3.63, 3.8) is 0 Å². The summed E-state index contributed by atoms with van der Waals surface area (Å²) < 4.78 is 4.79. The van der Waals surface area contributed by atoms with Crippen LogP contribution >= 0.6 is 0 Å². The standard InChI is InChI=1S/C12H10O4/c13-11(14)5-8-1-3-9(4-2-8)10-6-12(15)16-7-10/h1-4,6H,5,7H2,(H,13,14). The molecule has 0 aliphatic carbocycles. The third-order valence-corrected chi connectivity index (χ3v) is 2.34. The van der Waals surface area contributed by atoms with Gasteiger partial charge < -0.3 is 9.84 Å². The largest absolute Gasteiger partial charge is 0.481 e. The Hall–Kier alpha value is -2.10. The van der Waals surface area contributed by atoms with E-state index in [4.69, 9.17) is 9.84 Å². The van der Waals surface area contributed by atoms with Crippen LogP contribution in [-0.4, -0.2) is 23.7 Å². The first-order valence-corrected chi connectivity index (χ1v) is 4.83. The number of carboxylic acid groups (broad SMARTS) is 1. The molecule has 0 spiro atoms. The van der Waals surface area contributed by atoms with Crippen LogP contribution in [0, 0.1) is 0 Å². The van der Waals surface area contributed by atoms with E-state index >= 15 is 0 Å². The number of carbonyl (C=O) groups excluding carboxylic acids is 1. The summed E-state index contributed by atoms with van der Waals surface area (Å²) >= 11 is 0. The lowest BCUT2D eigenvalue weighted by atomic mass is 10.0. The zero-order valence-electron chi connectivity index (χ0n) is 8.47. The Morgan fingerprint density at radius 1 is 1.31 bits per heavy atom. The van der Waals surface area contributed by atoms with Gasteiger partial charge in [0, 0.05) is 11.6 Å². The summed E-state index contributed by atoms with van der Waals surface area (Å²) in [6, 6.07) is 7.08.